The maximum atomic E-state index is 13.9. The van der Waals surface area contributed by atoms with Crippen molar-refractivity contribution in [1.29, 1.82) is 0 Å². The van der Waals surface area contributed by atoms with Gasteiger partial charge in [-0.15, -0.1) is 21.5 Å². The molecule has 2 heterocycles. The van der Waals surface area contributed by atoms with Gasteiger partial charge < -0.3 is 9.88 Å². The van der Waals surface area contributed by atoms with Crippen LogP contribution in [0.15, 0.2) is 71.2 Å². The number of nitrogens with zero attached hydrogens (tertiary/aromatic N) is 3. The molecule has 0 saturated heterocycles. The van der Waals surface area contributed by atoms with Crippen LogP contribution < -0.4 is 5.32 Å². The molecular weight excluding hydrogens is 467 g/mol. The number of hydrogen-bond acceptors (Lipinski definition) is 5. The van der Waals surface area contributed by atoms with Crippen molar-refractivity contribution >= 4 is 46.3 Å². The molecule has 2 aromatic carbocycles. The number of rotatable bonds is 9. The highest BCUT2D eigenvalue weighted by atomic mass is 35.5. The summed E-state index contributed by atoms with van der Waals surface area (Å²) in [7, 11) is 0. The molecule has 5 nitrogen and oxygen atoms in total. The molecule has 0 atom stereocenters. The Morgan fingerprint density at radius 2 is 1.97 bits per heavy atom. The third-order valence-corrected chi connectivity index (χ3v) is 6.79. The Kier molecular flexibility index (Phi) is 7.57. The van der Waals surface area contributed by atoms with Crippen LogP contribution in [0.1, 0.15) is 16.3 Å². The highest BCUT2D eigenvalue weighted by Crippen LogP contribution is 2.23. The van der Waals surface area contributed by atoms with Gasteiger partial charge >= 0.3 is 0 Å². The first-order chi connectivity index (χ1) is 15.6. The average molecular weight is 487 g/mol. The van der Waals surface area contributed by atoms with Crippen LogP contribution in [0.5, 0.6) is 0 Å². The van der Waals surface area contributed by atoms with Gasteiger partial charge in [-0.25, -0.2) is 4.39 Å². The maximum Gasteiger partial charge on any atom is 0.234 e. The number of amides is 1. The fraction of sp³-hybridized carbons (Fsp3) is 0.174. The Morgan fingerprint density at radius 1 is 1.12 bits per heavy atom. The van der Waals surface area contributed by atoms with Crippen LogP contribution in [0.25, 0.3) is 0 Å². The highest BCUT2D eigenvalue weighted by Gasteiger charge is 2.16. The van der Waals surface area contributed by atoms with Gasteiger partial charge in [0.2, 0.25) is 5.91 Å². The summed E-state index contributed by atoms with van der Waals surface area (Å²) in [5, 5.41) is 14.3. The van der Waals surface area contributed by atoms with Crippen LogP contribution in [0.4, 0.5) is 10.1 Å². The summed E-state index contributed by atoms with van der Waals surface area (Å²) in [6.45, 7) is 0.699. The van der Waals surface area contributed by atoms with E-state index in [2.05, 4.69) is 38.3 Å². The number of carbonyl (C=O) groups is 1. The summed E-state index contributed by atoms with van der Waals surface area (Å²) < 4.78 is 16.0. The first-order valence-corrected chi connectivity index (χ1v) is 12.2. The van der Waals surface area contributed by atoms with Gasteiger partial charge in [0.25, 0.3) is 0 Å². The number of thiophene rings is 1. The quantitative estimate of drug-likeness (QED) is 0.308. The summed E-state index contributed by atoms with van der Waals surface area (Å²) in [4.78, 5) is 13.6. The molecule has 4 aromatic rings. The van der Waals surface area contributed by atoms with Gasteiger partial charge in [-0.2, -0.15) is 0 Å². The topological polar surface area (TPSA) is 59.8 Å². The number of aromatic nitrogens is 3. The molecule has 0 aliphatic carbocycles. The average Bonchev–Trinajstić information content (AvgIpc) is 3.44. The van der Waals surface area contributed by atoms with Gasteiger partial charge in [-0.3, -0.25) is 4.79 Å². The third-order valence-electron chi connectivity index (χ3n) is 4.71. The van der Waals surface area contributed by atoms with Crippen LogP contribution in [0.3, 0.4) is 0 Å². The predicted molar refractivity (Wildman–Crippen MR) is 128 cm³/mol. The van der Waals surface area contributed by atoms with Gasteiger partial charge in [-0.1, -0.05) is 59.8 Å². The normalized spacial score (nSPS) is 10.9. The number of anilines is 1. The van der Waals surface area contributed by atoms with E-state index in [1.807, 2.05) is 29.6 Å². The second-order valence-corrected chi connectivity index (χ2v) is 9.41. The van der Waals surface area contributed by atoms with Crippen molar-refractivity contribution < 1.29 is 9.18 Å². The molecule has 4 rings (SSSR count). The smallest absolute Gasteiger partial charge is 0.234 e. The molecule has 0 unspecified atom stereocenters. The summed E-state index contributed by atoms with van der Waals surface area (Å²) in [6, 6.07) is 18.3. The van der Waals surface area contributed by atoms with E-state index in [9.17, 15) is 9.18 Å². The lowest BCUT2D eigenvalue weighted by molar-refractivity contribution is -0.113. The summed E-state index contributed by atoms with van der Waals surface area (Å²) in [5.41, 5.74) is 1.28. The monoisotopic (exact) mass is 486 g/mol. The highest BCUT2D eigenvalue weighted by molar-refractivity contribution is 7.99. The lowest BCUT2D eigenvalue weighted by Gasteiger charge is -2.10. The number of halogens is 2. The van der Waals surface area contributed by atoms with Gasteiger partial charge in [0.1, 0.15) is 11.6 Å². The molecule has 9 heteroatoms. The molecule has 1 amide bonds. The third kappa shape index (κ3) is 5.97. The molecule has 0 radical (unpaired) electrons. The fourth-order valence-electron chi connectivity index (χ4n) is 3.15. The maximum absolute atomic E-state index is 13.9. The minimum absolute atomic E-state index is 0.0621. The summed E-state index contributed by atoms with van der Waals surface area (Å²) in [5.74, 6) is 0.0618. The second kappa shape index (κ2) is 10.8. The van der Waals surface area contributed by atoms with Crippen molar-refractivity contribution in [2.24, 2.45) is 0 Å². The SMILES string of the molecule is O=C(CSc1nnc(Cc2cccs2)n1CCc1ccccc1)Nc1cc(Cl)ccc1F. The Labute approximate surface area is 198 Å². The lowest BCUT2D eigenvalue weighted by Crippen LogP contribution is -2.16. The Bertz CT molecular complexity index is 1180. The van der Waals surface area contributed by atoms with Crippen LogP contribution in [-0.4, -0.2) is 26.4 Å². The molecule has 1 N–H and O–H groups in total. The first kappa shape index (κ1) is 22.5. The first-order valence-electron chi connectivity index (χ1n) is 9.94. The van der Waals surface area contributed by atoms with Crippen LogP contribution in [0, 0.1) is 5.82 Å². The van der Waals surface area contributed by atoms with E-state index in [1.54, 1.807) is 11.3 Å². The van der Waals surface area contributed by atoms with E-state index >= 15 is 0 Å². The van der Waals surface area contributed by atoms with Crippen molar-refractivity contribution in [3.05, 3.63) is 93.1 Å². The largest absolute Gasteiger partial charge is 0.323 e. The summed E-state index contributed by atoms with van der Waals surface area (Å²) in [6.07, 6.45) is 1.50. The van der Waals surface area contributed by atoms with Crippen LogP contribution in [-0.2, 0) is 24.2 Å². The molecule has 0 aliphatic heterocycles. The van der Waals surface area contributed by atoms with Gasteiger partial charge in [0, 0.05) is 22.9 Å². The Morgan fingerprint density at radius 3 is 2.75 bits per heavy atom. The Hall–Kier alpha value is -2.68. The van der Waals surface area contributed by atoms with Crippen molar-refractivity contribution in [3.8, 4) is 0 Å². The van der Waals surface area contributed by atoms with E-state index in [0.29, 0.717) is 23.1 Å². The van der Waals surface area contributed by atoms with Crippen molar-refractivity contribution in [1.82, 2.24) is 14.8 Å². The number of benzene rings is 2. The number of aryl methyl sites for hydroxylation is 1. The molecule has 0 bridgehead atoms. The van der Waals surface area contributed by atoms with E-state index in [1.165, 1.54) is 40.4 Å². The van der Waals surface area contributed by atoms with Crippen molar-refractivity contribution in [2.75, 3.05) is 11.1 Å². The van der Waals surface area contributed by atoms with E-state index < -0.39 is 5.82 Å². The number of nitrogens with one attached hydrogen (secondary N) is 1. The molecule has 0 spiro atoms. The number of hydrogen-bond donors (Lipinski definition) is 1. The van der Waals surface area contributed by atoms with Gasteiger partial charge in [-0.05, 0) is 41.6 Å². The second-order valence-electron chi connectivity index (χ2n) is 7.00. The minimum atomic E-state index is -0.531. The molecule has 0 saturated carbocycles. The van der Waals surface area contributed by atoms with Gasteiger partial charge in [0.15, 0.2) is 5.16 Å². The molecule has 0 fully saturated rings. The van der Waals surface area contributed by atoms with Crippen molar-refractivity contribution in [2.45, 2.75) is 24.5 Å². The number of thioether (sulfide) groups is 1. The fourth-order valence-corrected chi connectivity index (χ4v) is 4.80. The lowest BCUT2D eigenvalue weighted by atomic mass is 10.1. The van der Waals surface area contributed by atoms with E-state index in [4.69, 9.17) is 11.6 Å². The van der Waals surface area contributed by atoms with Crippen LogP contribution in [0.2, 0.25) is 5.02 Å². The standard InChI is InChI=1S/C23H20ClFN4OS2/c24-17-8-9-19(25)20(13-17)26-22(30)15-32-23-28-27-21(14-18-7-4-12-31-18)29(23)11-10-16-5-2-1-3-6-16/h1-9,12-13H,10-11,14-15H2,(H,26,30). The molecular formula is C23H20ClFN4OS2. The Balaban J connectivity index is 1.46. The van der Waals surface area contributed by atoms with Crippen molar-refractivity contribution in [3.63, 3.8) is 0 Å². The molecule has 32 heavy (non-hydrogen) atoms. The zero-order chi connectivity index (χ0) is 22.3. The molecule has 2 aromatic heterocycles. The van der Waals surface area contributed by atoms with E-state index in [-0.39, 0.29) is 17.3 Å². The molecule has 164 valence electrons. The van der Waals surface area contributed by atoms with Gasteiger partial charge in [0.05, 0.1) is 11.4 Å². The summed E-state index contributed by atoms with van der Waals surface area (Å²) >= 11 is 8.85. The predicted octanol–water partition coefficient (Wildman–Crippen LogP) is 5.70. The zero-order valence-corrected chi connectivity index (χ0v) is 19.4. The zero-order valence-electron chi connectivity index (χ0n) is 17.0. The number of carbonyl (C=O) groups excluding carboxylic acids is 1. The minimum Gasteiger partial charge on any atom is -0.323 e. The molecule has 0 aliphatic rings. The van der Waals surface area contributed by atoms with Crippen LogP contribution >= 0.6 is 34.7 Å². The van der Waals surface area contributed by atoms with E-state index in [0.717, 1.165) is 12.2 Å².